The quantitative estimate of drug-likeness (QED) is 0.472. The number of amides is 1. The minimum Gasteiger partial charge on any atom is -0.378 e. The highest BCUT2D eigenvalue weighted by Gasteiger charge is 2.36. The summed E-state index contributed by atoms with van der Waals surface area (Å²) < 4.78 is 0. The van der Waals surface area contributed by atoms with Crippen LogP contribution in [0.2, 0.25) is 0 Å². The molecule has 1 atom stereocenters. The first-order valence-electron chi connectivity index (χ1n) is 10.9. The van der Waals surface area contributed by atoms with E-state index in [1.807, 2.05) is 73.7 Å². The van der Waals surface area contributed by atoms with E-state index < -0.39 is 0 Å². The first kappa shape index (κ1) is 21.2. The van der Waals surface area contributed by atoms with E-state index in [4.69, 9.17) is 5.10 Å². The molecule has 1 unspecified atom stereocenters. The van der Waals surface area contributed by atoms with Crippen LogP contribution >= 0.6 is 11.8 Å². The number of aliphatic imine (C=N–C) groups is 1. The van der Waals surface area contributed by atoms with Crippen molar-refractivity contribution in [2.75, 3.05) is 19.0 Å². The van der Waals surface area contributed by atoms with Gasteiger partial charge in [0, 0.05) is 26.2 Å². The molecule has 2 aliphatic rings. The molecule has 1 amide bonds. The number of amidine groups is 1. The molecule has 0 saturated heterocycles. The van der Waals surface area contributed by atoms with Crippen molar-refractivity contribution < 1.29 is 4.79 Å². The van der Waals surface area contributed by atoms with Crippen LogP contribution in [0.3, 0.4) is 0 Å². The number of thioether (sulfide) groups is 1. The molecule has 0 bridgehead atoms. The molecule has 164 valence electrons. The maximum atomic E-state index is 12.4. The van der Waals surface area contributed by atoms with E-state index in [2.05, 4.69) is 46.3 Å². The van der Waals surface area contributed by atoms with E-state index >= 15 is 0 Å². The van der Waals surface area contributed by atoms with E-state index in [0.29, 0.717) is 5.84 Å². The Balaban J connectivity index is 1.55. The fraction of sp³-hybridized carbons (Fsp3) is 0.148. The molecule has 3 aromatic rings. The minimum atomic E-state index is -0.211. The minimum absolute atomic E-state index is 0.0409. The summed E-state index contributed by atoms with van der Waals surface area (Å²) in [6.45, 7) is 0. The molecule has 0 radical (unpaired) electrons. The van der Waals surface area contributed by atoms with E-state index in [1.165, 1.54) is 0 Å². The van der Waals surface area contributed by atoms with Gasteiger partial charge in [0.1, 0.15) is 0 Å². The van der Waals surface area contributed by atoms with Crippen LogP contribution < -0.4 is 4.90 Å². The van der Waals surface area contributed by atoms with Gasteiger partial charge in [-0.3, -0.25) is 4.79 Å². The van der Waals surface area contributed by atoms with Crippen molar-refractivity contribution in [1.29, 1.82) is 0 Å². The second-order valence-corrected chi connectivity index (χ2v) is 9.18. The number of anilines is 1. The molecule has 0 N–H and O–H groups in total. The number of hydrogen-bond acceptors (Lipinski definition) is 5. The third-order valence-corrected chi connectivity index (χ3v) is 6.53. The van der Waals surface area contributed by atoms with Crippen molar-refractivity contribution in [3.05, 3.63) is 107 Å². The van der Waals surface area contributed by atoms with E-state index in [-0.39, 0.29) is 11.3 Å². The van der Waals surface area contributed by atoms with Gasteiger partial charge in [0.05, 0.1) is 16.7 Å². The van der Waals surface area contributed by atoms with Crippen molar-refractivity contribution in [1.82, 2.24) is 5.01 Å². The first-order valence-corrected chi connectivity index (χ1v) is 11.7. The molecular weight excluding hydrogens is 428 g/mol. The molecule has 0 fully saturated rings. The number of nitrogens with zero attached hydrogens (tertiary/aromatic N) is 4. The lowest BCUT2D eigenvalue weighted by molar-refractivity contribution is 0.267. The summed E-state index contributed by atoms with van der Waals surface area (Å²) in [4.78, 5) is 19.7. The van der Waals surface area contributed by atoms with Gasteiger partial charge >= 0.3 is 5.24 Å². The predicted molar refractivity (Wildman–Crippen MR) is 138 cm³/mol. The maximum Gasteiger partial charge on any atom is 0.311 e. The third-order valence-electron chi connectivity index (χ3n) is 5.74. The Bertz CT molecular complexity index is 1250. The fourth-order valence-corrected chi connectivity index (χ4v) is 4.77. The van der Waals surface area contributed by atoms with Gasteiger partial charge in [-0.1, -0.05) is 72.8 Å². The van der Waals surface area contributed by atoms with Crippen molar-refractivity contribution in [3.8, 4) is 0 Å². The average molecular weight is 453 g/mol. The zero-order valence-electron chi connectivity index (χ0n) is 18.6. The predicted octanol–water partition coefficient (Wildman–Crippen LogP) is 6.21. The van der Waals surface area contributed by atoms with Gasteiger partial charge in [0.15, 0.2) is 5.84 Å². The van der Waals surface area contributed by atoms with Gasteiger partial charge < -0.3 is 4.90 Å². The number of hydrazone groups is 1. The highest BCUT2D eigenvalue weighted by molar-refractivity contribution is 8.18. The molecule has 6 heteroatoms. The van der Waals surface area contributed by atoms with Crippen LogP contribution in [0, 0.1) is 0 Å². The lowest BCUT2D eigenvalue weighted by Crippen LogP contribution is -2.26. The Hall–Kier alpha value is -3.64. The van der Waals surface area contributed by atoms with E-state index in [9.17, 15) is 4.79 Å². The average Bonchev–Trinajstić information content (AvgIpc) is 3.44. The van der Waals surface area contributed by atoms with Gasteiger partial charge in [-0.15, -0.1) is 0 Å². The van der Waals surface area contributed by atoms with Crippen LogP contribution in [-0.4, -0.2) is 35.9 Å². The smallest absolute Gasteiger partial charge is 0.311 e. The Labute approximate surface area is 198 Å². The summed E-state index contributed by atoms with van der Waals surface area (Å²) >= 11 is 1.16. The van der Waals surface area contributed by atoms with Crippen LogP contribution in [0.25, 0.3) is 6.08 Å². The van der Waals surface area contributed by atoms with Gasteiger partial charge in [0.25, 0.3) is 0 Å². The second-order valence-electron chi connectivity index (χ2n) is 8.19. The van der Waals surface area contributed by atoms with Crippen LogP contribution in [0.15, 0.2) is 99.9 Å². The molecule has 0 aromatic heterocycles. The topological polar surface area (TPSA) is 48.3 Å². The first-order chi connectivity index (χ1) is 16.1. The fourth-order valence-electron chi connectivity index (χ4n) is 4.03. The van der Waals surface area contributed by atoms with Gasteiger partial charge in [-0.2, -0.15) is 10.1 Å². The zero-order chi connectivity index (χ0) is 22.8. The van der Waals surface area contributed by atoms with Crippen molar-refractivity contribution in [2.24, 2.45) is 10.1 Å². The Kier molecular flexibility index (Phi) is 5.84. The molecule has 0 aliphatic carbocycles. The lowest BCUT2D eigenvalue weighted by atomic mass is 9.98. The molecule has 5 rings (SSSR count). The standard InChI is InChI=1S/C27H24N4OS/c1-30(2)22-15-13-21(14-16-22)24-18-23(20-11-7-4-8-12-20)29-31(24)26-25(33-27(32)28-26)17-19-9-5-3-6-10-19/h3-17,24H,18H2,1-2H3/b25-17-. The van der Waals surface area contributed by atoms with E-state index in [0.717, 1.165) is 51.2 Å². The van der Waals surface area contributed by atoms with Gasteiger partial charge in [0.2, 0.25) is 0 Å². The summed E-state index contributed by atoms with van der Waals surface area (Å²) in [6.07, 6.45) is 2.75. The molecule has 2 aliphatic heterocycles. The Morgan fingerprint density at radius 2 is 1.61 bits per heavy atom. The van der Waals surface area contributed by atoms with Crippen LogP contribution in [0.4, 0.5) is 10.5 Å². The SMILES string of the molecule is CN(C)c1ccc(C2CC(c3ccccc3)=NN2C2=NC(=O)S/C2=C\c2ccccc2)cc1. The molecular formula is C27H24N4OS. The number of rotatable bonds is 4. The Morgan fingerprint density at radius 1 is 0.939 bits per heavy atom. The van der Waals surface area contributed by atoms with Crippen molar-refractivity contribution >= 4 is 40.3 Å². The second kappa shape index (κ2) is 9.08. The lowest BCUT2D eigenvalue weighted by Gasteiger charge is -2.24. The van der Waals surface area contributed by atoms with Crippen LogP contribution in [0.5, 0.6) is 0 Å². The number of carbonyl (C=O) groups is 1. The van der Waals surface area contributed by atoms with Crippen molar-refractivity contribution in [2.45, 2.75) is 12.5 Å². The van der Waals surface area contributed by atoms with Crippen LogP contribution in [-0.2, 0) is 0 Å². The number of hydrogen-bond donors (Lipinski definition) is 0. The van der Waals surface area contributed by atoms with E-state index in [1.54, 1.807) is 0 Å². The number of carbonyl (C=O) groups excluding carboxylic acids is 1. The van der Waals surface area contributed by atoms with Gasteiger partial charge in [-0.25, -0.2) is 5.01 Å². The summed E-state index contributed by atoms with van der Waals surface area (Å²) in [5, 5.41) is 6.70. The largest absolute Gasteiger partial charge is 0.378 e. The molecule has 2 heterocycles. The molecule has 0 spiro atoms. The maximum absolute atomic E-state index is 12.4. The van der Waals surface area contributed by atoms with Crippen molar-refractivity contribution in [3.63, 3.8) is 0 Å². The summed E-state index contributed by atoms with van der Waals surface area (Å²) in [5.41, 5.74) is 5.38. The highest BCUT2D eigenvalue weighted by atomic mass is 32.2. The molecule has 33 heavy (non-hydrogen) atoms. The molecule has 3 aromatic carbocycles. The van der Waals surface area contributed by atoms with Gasteiger partial charge in [-0.05, 0) is 46.7 Å². The Morgan fingerprint density at radius 3 is 2.27 bits per heavy atom. The molecule has 5 nitrogen and oxygen atoms in total. The zero-order valence-corrected chi connectivity index (χ0v) is 19.4. The summed E-state index contributed by atoms with van der Waals surface area (Å²) in [7, 11) is 4.06. The van der Waals surface area contributed by atoms with Crippen LogP contribution in [0.1, 0.15) is 29.2 Å². The highest BCUT2D eigenvalue weighted by Crippen LogP contribution is 2.39. The normalized spacial score (nSPS) is 19.1. The molecule has 0 saturated carbocycles. The summed E-state index contributed by atoms with van der Waals surface area (Å²) in [6, 6.07) is 28.7. The number of benzene rings is 3. The summed E-state index contributed by atoms with van der Waals surface area (Å²) in [5.74, 6) is 0.612. The third kappa shape index (κ3) is 4.47. The monoisotopic (exact) mass is 452 g/mol.